The zero-order chi connectivity index (χ0) is 18.2. The van der Waals surface area contributed by atoms with E-state index in [1.54, 1.807) is 11.3 Å². The molecule has 0 saturated carbocycles. The fraction of sp³-hybridized carbons (Fsp3) is 0.238. The van der Waals surface area contributed by atoms with Gasteiger partial charge in [-0.25, -0.2) is 4.98 Å². The van der Waals surface area contributed by atoms with Crippen molar-refractivity contribution >= 4 is 17.2 Å². The van der Waals surface area contributed by atoms with E-state index in [1.165, 1.54) is 5.56 Å². The van der Waals surface area contributed by atoms with Crippen LogP contribution in [0.3, 0.4) is 0 Å². The third-order valence-corrected chi connectivity index (χ3v) is 4.91. The van der Waals surface area contributed by atoms with Gasteiger partial charge in [-0.05, 0) is 49.6 Å². The van der Waals surface area contributed by atoms with Crippen LogP contribution < -0.4 is 10.1 Å². The lowest BCUT2D eigenvalue weighted by molar-refractivity contribution is -0.123. The van der Waals surface area contributed by atoms with Gasteiger partial charge in [-0.15, -0.1) is 11.3 Å². The first-order valence-corrected chi connectivity index (χ1v) is 9.55. The molecule has 0 fully saturated rings. The molecule has 1 amide bonds. The van der Waals surface area contributed by atoms with Crippen LogP contribution in [0.2, 0.25) is 0 Å². The molecule has 0 saturated heterocycles. The van der Waals surface area contributed by atoms with Crippen molar-refractivity contribution in [2.75, 3.05) is 13.2 Å². The van der Waals surface area contributed by atoms with Gasteiger partial charge in [0.1, 0.15) is 10.8 Å². The molecule has 0 atom stereocenters. The van der Waals surface area contributed by atoms with Crippen LogP contribution in [0.1, 0.15) is 17.7 Å². The molecule has 0 aliphatic carbocycles. The summed E-state index contributed by atoms with van der Waals surface area (Å²) >= 11 is 1.62. The van der Waals surface area contributed by atoms with Crippen molar-refractivity contribution in [3.05, 3.63) is 71.2 Å². The zero-order valence-corrected chi connectivity index (χ0v) is 15.6. The summed E-state index contributed by atoms with van der Waals surface area (Å²) in [6.07, 6.45) is 1.87. The number of rotatable bonds is 8. The molecule has 0 aliphatic rings. The summed E-state index contributed by atoms with van der Waals surface area (Å²) in [6, 6.07) is 17.9. The number of thiazole rings is 1. The highest BCUT2D eigenvalue weighted by atomic mass is 32.1. The maximum atomic E-state index is 11.9. The van der Waals surface area contributed by atoms with Crippen LogP contribution in [0.4, 0.5) is 0 Å². The topological polar surface area (TPSA) is 51.2 Å². The monoisotopic (exact) mass is 366 g/mol. The molecule has 4 nitrogen and oxygen atoms in total. The van der Waals surface area contributed by atoms with E-state index in [4.69, 9.17) is 4.74 Å². The molecule has 1 aromatic heterocycles. The van der Waals surface area contributed by atoms with E-state index in [-0.39, 0.29) is 12.5 Å². The van der Waals surface area contributed by atoms with Crippen LogP contribution in [0.5, 0.6) is 5.75 Å². The summed E-state index contributed by atoms with van der Waals surface area (Å²) in [5, 5.41) is 5.91. The molecular weight excluding hydrogens is 344 g/mol. The molecule has 26 heavy (non-hydrogen) atoms. The molecule has 1 heterocycles. The first-order chi connectivity index (χ1) is 12.7. The number of amides is 1. The maximum Gasteiger partial charge on any atom is 0.257 e. The van der Waals surface area contributed by atoms with Gasteiger partial charge in [0.25, 0.3) is 5.91 Å². The van der Waals surface area contributed by atoms with Crippen LogP contribution in [-0.2, 0) is 11.2 Å². The number of aromatic nitrogens is 1. The highest BCUT2D eigenvalue weighted by molar-refractivity contribution is 7.13. The van der Waals surface area contributed by atoms with Crippen molar-refractivity contribution in [2.24, 2.45) is 0 Å². The Morgan fingerprint density at radius 2 is 1.88 bits per heavy atom. The summed E-state index contributed by atoms with van der Waals surface area (Å²) in [5.41, 5.74) is 3.36. The molecule has 3 aromatic rings. The van der Waals surface area contributed by atoms with Crippen molar-refractivity contribution < 1.29 is 9.53 Å². The highest BCUT2D eigenvalue weighted by Crippen LogP contribution is 2.25. The summed E-state index contributed by atoms with van der Waals surface area (Å²) < 4.78 is 5.55. The average molecular weight is 366 g/mol. The van der Waals surface area contributed by atoms with E-state index in [1.807, 2.05) is 54.8 Å². The molecular formula is C21H22N2O2S. The third-order valence-electron chi connectivity index (χ3n) is 3.90. The van der Waals surface area contributed by atoms with E-state index in [0.717, 1.165) is 29.1 Å². The predicted octanol–water partition coefficient (Wildman–Crippen LogP) is 4.25. The summed E-state index contributed by atoms with van der Waals surface area (Å²) in [7, 11) is 0. The van der Waals surface area contributed by atoms with Gasteiger partial charge in [-0.3, -0.25) is 4.79 Å². The second-order valence-electron chi connectivity index (χ2n) is 6.05. The van der Waals surface area contributed by atoms with Crippen molar-refractivity contribution in [3.8, 4) is 16.3 Å². The van der Waals surface area contributed by atoms with Gasteiger partial charge in [0.15, 0.2) is 6.61 Å². The molecule has 0 bridgehead atoms. The largest absolute Gasteiger partial charge is 0.484 e. The third kappa shape index (κ3) is 5.43. The minimum Gasteiger partial charge on any atom is -0.484 e. The molecule has 0 unspecified atom stereocenters. The van der Waals surface area contributed by atoms with Crippen LogP contribution in [0.15, 0.2) is 60.0 Å². The van der Waals surface area contributed by atoms with Crippen molar-refractivity contribution in [3.63, 3.8) is 0 Å². The summed E-state index contributed by atoms with van der Waals surface area (Å²) in [5.74, 6) is 0.583. The van der Waals surface area contributed by atoms with Crippen molar-refractivity contribution in [1.29, 1.82) is 0 Å². The first kappa shape index (κ1) is 18.1. The SMILES string of the molecule is Cc1csc(-c2ccc(OCC(=O)NCCCc3ccccc3)cc2)n1. The van der Waals surface area contributed by atoms with Gasteiger partial charge in [-0.2, -0.15) is 0 Å². The van der Waals surface area contributed by atoms with E-state index >= 15 is 0 Å². The maximum absolute atomic E-state index is 11.9. The van der Waals surface area contributed by atoms with Gasteiger partial charge < -0.3 is 10.1 Å². The van der Waals surface area contributed by atoms with E-state index in [2.05, 4.69) is 22.4 Å². The number of hydrogen-bond donors (Lipinski definition) is 1. The Morgan fingerprint density at radius 1 is 1.12 bits per heavy atom. The lowest BCUT2D eigenvalue weighted by atomic mass is 10.1. The van der Waals surface area contributed by atoms with Crippen molar-refractivity contribution in [2.45, 2.75) is 19.8 Å². The average Bonchev–Trinajstić information content (AvgIpc) is 3.11. The predicted molar refractivity (Wildman–Crippen MR) is 106 cm³/mol. The van der Waals surface area contributed by atoms with Gasteiger partial charge in [0.05, 0.1) is 0 Å². The van der Waals surface area contributed by atoms with Gasteiger partial charge >= 0.3 is 0 Å². The Balaban J connectivity index is 1.37. The smallest absolute Gasteiger partial charge is 0.257 e. The molecule has 0 radical (unpaired) electrons. The standard InChI is InChI=1S/C21H22N2O2S/c1-16-15-26-21(23-16)18-9-11-19(12-10-18)25-14-20(24)22-13-5-8-17-6-3-2-4-7-17/h2-4,6-7,9-12,15H,5,8,13-14H2,1H3,(H,22,24). The van der Waals surface area contributed by atoms with Gasteiger partial charge in [0.2, 0.25) is 0 Å². The van der Waals surface area contributed by atoms with Crippen LogP contribution in [0, 0.1) is 6.92 Å². The quantitative estimate of drug-likeness (QED) is 0.607. The minimum atomic E-state index is -0.0994. The Labute approximate surface area is 157 Å². The van der Waals surface area contributed by atoms with E-state index in [9.17, 15) is 4.79 Å². The second-order valence-corrected chi connectivity index (χ2v) is 6.90. The Hall–Kier alpha value is -2.66. The molecule has 134 valence electrons. The molecule has 0 spiro atoms. The number of carbonyl (C=O) groups is 1. The first-order valence-electron chi connectivity index (χ1n) is 8.67. The number of aryl methyl sites for hydroxylation is 2. The summed E-state index contributed by atoms with van der Waals surface area (Å²) in [6.45, 7) is 2.66. The summed E-state index contributed by atoms with van der Waals surface area (Å²) in [4.78, 5) is 16.3. The number of benzene rings is 2. The molecule has 3 rings (SSSR count). The Morgan fingerprint density at radius 3 is 2.58 bits per heavy atom. The number of nitrogens with one attached hydrogen (secondary N) is 1. The van der Waals surface area contributed by atoms with Crippen LogP contribution >= 0.6 is 11.3 Å². The van der Waals surface area contributed by atoms with Crippen LogP contribution in [-0.4, -0.2) is 24.0 Å². The molecule has 5 heteroatoms. The van der Waals surface area contributed by atoms with Crippen LogP contribution in [0.25, 0.3) is 10.6 Å². The molecule has 0 aliphatic heterocycles. The number of carbonyl (C=O) groups excluding carboxylic acids is 1. The van der Waals surface area contributed by atoms with Crippen molar-refractivity contribution in [1.82, 2.24) is 10.3 Å². The number of hydrogen-bond acceptors (Lipinski definition) is 4. The lowest BCUT2D eigenvalue weighted by Crippen LogP contribution is -2.29. The lowest BCUT2D eigenvalue weighted by Gasteiger charge is -2.08. The highest BCUT2D eigenvalue weighted by Gasteiger charge is 2.05. The zero-order valence-electron chi connectivity index (χ0n) is 14.8. The van der Waals surface area contributed by atoms with E-state index < -0.39 is 0 Å². The van der Waals surface area contributed by atoms with E-state index in [0.29, 0.717) is 12.3 Å². The molecule has 2 aromatic carbocycles. The fourth-order valence-corrected chi connectivity index (χ4v) is 3.35. The normalized spacial score (nSPS) is 10.5. The fourth-order valence-electron chi connectivity index (χ4n) is 2.55. The number of ether oxygens (including phenoxy) is 1. The Bertz CT molecular complexity index is 829. The minimum absolute atomic E-state index is 0.0288. The number of nitrogens with zero attached hydrogens (tertiary/aromatic N) is 1. The Kier molecular flexibility index (Phi) is 6.39. The van der Waals surface area contributed by atoms with Gasteiger partial charge in [0, 0.05) is 23.2 Å². The molecule has 1 N–H and O–H groups in total. The van der Waals surface area contributed by atoms with Gasteiger partial charge in [-0.1, -0.05) is 30.3 Å². The second kappa shape index (κ2) is 9.15.